The van der Waals surface area contributed by atoms with Crippen LogP contribution in [0.15, 0.2) is 18.2 Å². The molecule has 19 heavy (non-hydrogen) atoms. The quantitative estimate of drug-likeness (QED) is 0.903. The maximum Gasteiger partial charge on any atom is 0.0369 e. The van der Waals surface area contributed by atoms with Crippen LogP contribution in [0.5, 0.6) is 0 Å². The number of rotatable bonds is 3. The normalized spacial score (nSPS) is 25.4. The minimum atomic E-state index is 0.236. The van der Waals surface area contributed by atoms with E-state index in [1.165, 1.54) is 36.3 Å². The highest BCUT2D eigenvalue weighted by molar-refractivity contribution is 5.51. The van der Waals surface area contributed by atoms with Crippen molar-refractivity contribution in [3.8, 4) is 0 Å². The highest BCUT2D eigenvalue weighted by atomic mass is 15.1. The monoisotopic (exact) mass is 260 g/mol. The summed E-state index contributed by atoms with van der Waals surface area (Å²) < 4.78 is 0. The first-order valence-corrected chi connectivity index (χ1v) is 7.57. The summed E-state index contributed by atoms with van der Waals surface area (Å²) in [5.41, 5.74) is 10.0. The van der Waals surface area contributed by atoms with Crippen molar-refractivity contribution in [1.29, 1.82) is 0 Å². The van der Waals surface area contributed by atoms with E-state index in [9.17, 15) is 0 Å². The molecule has 1 saturated heterocycles. The van der Waals surface area contributed by atoms with Gasteiger partial charge >= 0.3 is 0 Å². The predicted molar refractivity (Wildman–Crippen MR) is 83.7 cm³/mol. The Kier molecular flexibility index (Phi) is 4.51. The first-order valence-electron chi connectivity index (χ1n) is 7.57. The van der Waals surface area contributed by atoms with Crippen molar-refractivity contribution in [3.05, 3.63) is 29.3 Å². The van der Waals surface area contributed by atoms with Crippen LogP contribution in [0.1, 0.15) is 38.3 Å². The van der Waals surface area contributed by atoms with Crippen LogP contribution in [0, 0.1) is 18.8 Å². The Hall–Kier alpha value is -1.02. The predicted octanol–water partition coefficient (Wildman–Crippen LogP) is 3.37. The van der Waals surface area contributed by atoms with Gasteiger partial charge in [0, 0.05) is 24.8 Å². The summed E-state index contributed by atoms with van der Waals surface area (Å²) in [6, 6.07) is 7.10. The summed E-state index contributed by atoms with van der Waals surface area (Å²) in [6.45, 7) is 11.4. The van der Waals surface area contributed by atoms with Gasteiger partial charge in [-0.3, -0.25) is 0 Å². The molecule has 0 aliphatic carbocycles. The molecule has 3 atom stereocenters. The van der Waals surface area contributed by atoms with Crippen molar-refractivity contribution in [2.45, 2.75) is 46.6 Å². The average molecular weight is 260 g/mol. The van der Waals surface area contributed by atoms with E-state index >= 15 is 0 Å². The molecule has 106 valence electrons. The zero-order valence-electron chi connectivity index (χ0n) is 12.8. The fourth-order valence-corrected chi connectivity index (χ4v) is 2.95. The van der Waals surface area contributed by atoms with Gasteiger partial charge in [0.2, 0.25) is 0 Å². The summed E-state index contributed by atoms with van der Waals surface area (Å²) in [7, 11) is 0. The van der Waals surface area contributed by atoms with E-state index in [0.717, 1.165) is 18.3 Å². The van der Waals surface area contributed by atoms with E-state index in [4.69, 9.17) is 5.73 Å². The van der Waals surface area contributed by atoms with Gasteiger partial charge < -0.3 is 10.6 Å². The van der Waals surface area contributed by atoms with E-state index < -0.39 is 0 Å². The first kappa shape index (κ1) is 14.4. The third-order valence-corrected chi connectivity index (χ3v) is 4.57. The SMILES string of the molecule is Cc1cc(N2CCC(C)C(C)C2)ccc1CC(C)N. The van der Waals surface area contributed by atoms with Crippen LogP contribution < -0.4 is 10.6 Å². The maximum atomic E-state index is 5.90. The summed E-state index contributed by atoms with van der Waals surface area (Å²) in [5.74, 6) is 1.65. The van der Waals surface area contributed by atoms with Crippen LogP contribution in [0.4, 0.5) is 5.69 Å². The van der Waals surface area contributed by atoms with Crippen LogP contribution in [0.2, 0.25) is 0 Å². The van der Waals surface area contributed by atoms with Crippen molar-refractivity contribution in [3.63, 3.8) is 0 Å². The lowest BCUT2D eigenvalue weighted by Crippen LogP contribution is -2.38. The second-order valence-corrected chi connectivity index (χ2v) is 6.48. The second kappa shape index (κ2) is 5.96. The van der Waals surface area contributed by atoms with Crippen LogP contribution in [0.25, 0.3) is 0 Å². The van der Waals surface area contributed by atoms with E-state index in [1.807, 2.05) is 0 Å². The number of piperidine rings is 1. The number of hydrogen-bond acceptors (Lipinski definition) is 2. The zero-order chi connectivity index (χ0) is 14.0. The minimum Gasteiger partial charge on any atom is -0.371 e. The Morgan fingerprint density at radius 2 is 2.05 bits per heavy atom. The molecular weight excluding hydrogens is 232 g/mol. The molecule has 2 N–H and O–H groups in total. The van der Waals surface area contributed by atoms with E-state index in [2.05, 4.69) is 50.8 Å². The zero-order valence-corrected chi connectivity index (χ0v) is 12.8. The van der Waals surface area contributed by atoms with Gasteiger partial charge in [-0.05, 0) is 61.8 Å². The minimum absolute atomic E-state index is 0.236. The van der Waals surface area contributed by atoms with Crippen LogP contribution in [0.3, 0.4) is 0 Å². The average Bonchev–Trinajstić information content (AvgIpc) is 2.35. The van der Waals surface area contributed by atoms with Gasteiger partial charge in [-0.2, -0.15) is 0 Å². The van der Waals surface area contributed by atoms with Crippen LogP contribution in [-0.2, 0) is 6.42 Å². The molecule has 0 amide bonds. The molecule has 2 rings (SSSR count). The lowest BCUT2D eigenvalue weighted by Gasteiger charge is -2.37. The molecule has 2 nitrogen and oxygen atoms in total. The van der Waals surface area contributed by atoms with E-state index in [0.29, 0.717) is 0 Å². The molecule has 0 saturated carbocycles. The fourth-order valence-electron chi connectivity index (χ4n) is 2.95. The molecule has 1 aliphatic rings. The Balaban J connectivity index is 2.11. The fraction of sp³-hybridized carbons (Fsp3) is 0.647. The summed E-state index contributed by atoms with van der Waals surface area (Å²) in [4.78, 5) is 2.54. The van der Waals surface area contributed by atoms with Crippen molar-refractivity contribution in [1.82, 2.24) is 0 Å². The van der Waals surface area contributed by atoms with Crippen molar-refractivity contribution >= 4 is 5.69 Å². The van der Waals surface area contributed by atoms with E-state index in [-0.39, 0.29) is 6.04 Å². The lowest BCUT2D eigenvalue weighted by molar-refractivity contribution is 0.324. The van der Waals surface area contributed by atoms with E-state index in [1.54, 1.807) is 0 Å². The Bertz CT molecular complexity index is 425. The van der Waals surface area contributed by atoms with Gasteiger partial charge in [0.05, 0.1) is 0 Å². The van der Waals surface area contributed by atoms with Crippen LogP contribution >= 0.6 is 0 Å². The highest BCUT2D eigenvalue weighted by Crippen LogP contribution is 2.28. The van der Waals surface area contributed by atoms with Gasteiger partial charge in [-0.25, -0.2) is 0 Å². The molecule has 1 aliphatic heterocycles. The first-order chi connectivity index (χ1) is 8.97. The van der Waals surface area contributed by atoms with Gasteiger partial charge in [-0.1, -0.05) is 19.9 Å². The number of nitrogens with two attached hydrogens (primary N) is 1. The molecule has 0 bridgehead atoms. The van der Waals surface area contributed by atoms with Gasteiger partial charge in [0.15, 0.2) is 0 Å². The molecule has 1 heterocycles. The molecule has 0 aromatic heterocycles. The number of hydrogen-bond donors (Lipinski definition) is 1. The number of anilines is 1. The highest BCUT2D eigenvalue weighted by Gasteiger charge is 2.22. The maximum absolute atomic E-state index is 5.90. The third kappa shape index (κ3) is 3.50. The Morgan fingerprint density at radius 3 is 2.63 bits per heavy atom. The number of benzene rings is 1. The molecule has 0 spiro atoms. The van der Waals surface area contributed by atoms with Crippen molar-refractivity contribution < 1.29 is 0 Å². The topological polar surface area (TPSA) is 29.3 Å². The Morgan fingerprint density at radius 1 is 1.32 bits per heavy atom. The molecular formula is C17H28N2. The van der Waals surface area contributed by atoms with Gasteiger partial charge in [-0.15, -0.1) is 0 Å². The van der Waals surface area contributed by atoms with Crippen LogP contribution in [-0.4, -0.2) is 19.1 Å². The van der Waals surface area contributed by atoms with Gasteiger partial charge in [0.25, 0.3) is 0 Å². The summed E-state index contributed by atoms with van der Waals surface area (Å²) in [5, 5.41) is 0. The second-order valence-electron chi connectivity index (χ2n) is 6.48. The molecule has 1 fully saturated rings. The molecule has 1 aromatic carbocycles. The smallest absolute Gasteiger partial charge is 0.0369 e. The van der Waals surface area contributed by atoms with Crippen molar-refractivity contribution in [2.75, 3.05) is 18.0 Å². The summed E-state index contributed by atoms with van der Waals surface area (Å²) >= 11 is 0. The number of nitrogens with zero attached hydrogens (tertiary/aromatic N) is 1. The Labute approximate surface area is 118 Å². The lowest BCUT2D eigenvalue weighted by atomic mass is 9.88. The third-order valence-electron chi connectivity index (χ3n) is 4.57. The molecule has 2 heteroatoms. The standard InChI is InChI=1S/C17H28N2/c1-12-7-8-19(11-14(12)3)17-6-5-16(10-15(4)18)13(2)9-17/h5-6,9,12,14-15H,7-8,10-11,18H2,1-4H3. The molecule has 1 aromatic rings. The largest absolute Gasteiger partial charge is 0.371 e. The molecule has 0 radical (unpaired) electrons. The van der Waals surface area contributed by atoms with Gasteiger partial charge in [0.1, 0.15) is 0 Å². The number of aryl methyl sites for hydroxylation is 1. The van der Waals surface area contributed by atoms with Crippen molar-refractivity contribution in [2.24, 2.45) is 17.6 Å². The summed E-state index contributed by atoms with van der Waals surface area (Å²) in [6.07, 6.45) is 2.28. The molecule has 3 unspecified atom stereocenters.